The first-order chi connectivity index (χ1) is 5.75. The van der Waals surface area contributed by atoms with Gasteiger partial charge in [0.1, 0.15) is 5.15 Å². The Balaban J connectivity index is 2.18. The zero-order valence-corrected chi connectivity index (χ0v) is 7.73. The lowest BCUT2D eigenvalue weighted by Gasteiger charge is -2.06. The standard InChI is InChI=1S/C9H11ClN2/c1-6-8(12-7-2-3-7)4-5-9(10)11-6/h4-5,7,12H,2-3H2,1H3. The van der Waals surface area contributed by atoms with E-state index in [1.54, 1.807) is 0 Å². The zero-order chi connectivity index (χ0) is 8.55. The van der Waals surface area contributed by atoms with Gasteiger partial charge in [0.25, 0.3) is 0 Å². The van der Waals surface area contributed by atoms with Crippen LogP contribution in [0.4, 0.5) is 5.69 Å². The molecule has 1 N–H and O–H groups in total. The number of aryl methyl sites for hydroxylation is 1. The molecule has 0 unspecified atom stereocenters. The van der Waals surface area contributed by atoms with Crippen LogP contribution in [0.3, 0.4) is 0 Å². The third-order valence-electron chi connectivity index (χ3n) is 1.99. The summed E-state index contributed by atoms with van der Waals surface area (Å²) in [7, 11) is 0. The Hall–Kier alpha value is -0.760. The number of halogens is 1. The molecular formula is C9H11ClN2. The van der Waals surface area contributed by atoms with Crippen LogP contribution in [-0.4, -0.2) is 11.0 Å². The summed E-state index contributed by atoms with van der Waals surface area (Å²) in [6, 6.07) is 4.48. The normalized spacial score (nSPS) is 16.2. The highest BCUT2D eigenvalue weighted by molar-refractivity contribution is 6.29. The van der Waals surface area contributed by atoms with E-state index in [-0.39, 0.29) is 0 Å². The van der Waals surface area contributed by atoms with Gasteiger partial charge in [-0.3, -0.25) is 0 Å². The van der Waals surface area contributed by atoms with E-state index in [2.05, 4.69) is 10.3 Å². The first-order valence-corrected chi connectivity index (χ1v) is 4.53. The Morgan fingerprint density at radius 3 is 2.83 bits per heavy atom. The van der Waals surface area contributed by atoms with Gasteiger partial charge in [0.05, 0.1) is 11.4 Å². The van der Waals surface area contributed by atoms with Crippen molar-refractivity contribution in [1.29, 1.82) is 0 Å². The van der Waals surface area contributed by atoms with E-state index < -0.39 is 0 Å². The zero-order valence-electron chi connectivity index (χ0n) is 6.97. The van der Waals surface area contributed by atoms with Gasteiger partial charge in [0.2, 0.25) is 0 Å². The molecule has 1 heterocycles. The van der Waals surface area contributed by atoms with Crippen LogP contribution in [0.25, 0.3) is 0 Å². The van der Waals surface area contributed by atoms with Crippen molar-refractivity contribution in [3.05, 3.63) is 23.0 Å². The maximum Gasteiger partial charge on any atom is 0.129 e. The molecule has 0 saturated heterocycles. The van der Waals surface area contributed by atoms with Gasteiger partial charge in [-0.25, -0.2) is 4.98 Å². The minimum absolute atomic E-state index is 0.564. The number of hydrogen-bond acceptors (Lipinski definition) is 2. The fraction of sp³-hybridized carbons (Fsp3) is 0.444. The highest BCUT2D eigenvalue weighted by Crippen LogP contribution is 2.26. The van der Waals surface area contributed by atoms with Crippen LogP contribution in [0, 0.1) is 6.92 Å². The van der Waals surface area contributed by atoms with E-state index in [1.807, 2.05) is 19.1 Å². The number of nitrogens with one attached hydrogen (secondary N) is 1. The molecule has 0 aromatic carbocycles. The van der Waals surface area contributed by atoms with Crippen LogP contribution in [0.2, 0.25) is 5.15 Å². The highest BCUT2D eigenvalue weighted by atomic mass is 35.5. The average Bonchev–Trinajstić information content (AvgIpc) is 2.79. The van der Waals surface area contributed by atoms with E-state index in [1.165, 1.54) is 12.8 Å². The molecular weight excluding hydrogens is 172 g/mol. The number of anilines is 1. The van der Waals surface area contributed by atoms with Crippen LogP contribution in [0.15, 0.2) is 12.1 Å². The third-order valence-corrected chi connectivity index (χ3v) is 2.20. The first-order valence-electron chi connectivity index (χ1n) is 4.15. The lowest BCUT2D eigenvalue weighted by Crippen LogP contribution is -2.03. The topological polar surface area (TPSA) is 24.9 Å². The van der Waals surface area contributed by atoms with Gasteiger partial charge >= 0.3 is 0 Å². The molecule has 3 heteroatoms. The Bertz CT molecular complexity index is 295. The lowest BCUT2D eigenvalue weighted by atomic mass is 10.3. The number of pyridine rings is 1. The van der Waals surface area contributed by atoms with Crippen LogP contribution in [-0.2, 0) is 0 Å². The molecule has 0 aliphatic heterocycles. The molecule has 64 valence electrons. The Morgan fingerprint density at radius 2 is 2.25 bits per heavy atom. The van der Waals surface area contributed by atoms with Crippen molar-refractivity contribution in [2.45, 2.75) is 25.8 Å². The van der Waals surface area contributed by atoms with Gasteiger partial charge < -0.3 is 5.32 Å². The number of nitrogens with zero attached hydrogens (tertiary/aromatic N) is 1. The van der Waals surface area contributed by atoms with Crippen molar-refractivity contribution in [3.8, 4) is 0 Å². The molecule has 0 amide bonds. The second kappa shape index (κ2) is 2.94. The summed E-state index contributed by atoms with van der Waals surface area (Å²) in [4.78, 5) is 4.16. The Labute approximate surface area is 77.0 Å². The molecule has 1 aliphatic carbocycles. The van der Waals surface area contributed by atoms with Gasteiger partial charge in [0, 0.05) is 6.04 Å². The maximum absolute atomic E-state index is 5.73. The van der Waals surface area contributed by atoms with Gasteiger partial charge in [-0.2, -0.15) is 0 Å². The van der Waals surface area contributed by atoms with Gasteiger partial charge in [0.15, 0.2) is 0 Å². The van der Waals surface area contributed by atoms with E-state index in [0.717, 1.165) is 11.4 Å². The van der Waals surface area contributed by atoms with Crippen LogP contribution in [0.1, 0.15) is 18.5 Å². The molecule has 1 aliphatic rings. The molecule has 1 aromatic rings. The average molecular weight is 183 g/mol. The second-order valence-electron chi connectivity index (χ2n) is 3.19. The second-order valence-corrected chi connectivity index (χ2v) is 3.57. The van der Waals surface area contributed by atoms with E-state index in [9.17, 15) is 0 Å². The Kier molecular flexibility index (Phi) is 1.93. The molecule has 1 aromatic heterocycles. The predicted octanol–water partition coefficient (Wildman–Crippen LogP) is 2.62. The molecule has 0 radical (unpaired) electrons. The quantitative estimate of drug-likeness (QED) is 0.712. The van der Waals surface area contributed by atoms with Crippen LogP contribution < -0.4 is 5.32 Å². The van der Waals surface area contributed by atoms with Gasteiger partial charge in [-0.1, -0.05) is 11.6 Å². The summed E-state index contributed by atoms with van der Waals surface area (Å²) >= 11 is 5.73. The largest absolute Gasteiger partial charge is 0.381 e. The minimum Gasteiger partial charge on any atom is -0.381 e. The number of aromatic nitrogens is 1. The summed E-state index contributed by atoms with van der Waals surface area (Å²) < 4.78 is 0. The molecule has 12 heavy (non-hydrogen) atoms. The van der Waals surface area contributed by atoms with Gasteiger partial charge in [-0.15, -0.1) is 0 Å². The lowest BCUT2D eigenvalue weighted by molar-refractivity contribution is 1.11. The molecule has 1 saturated carbocycles. The fourth-order valence-corrected chi connectivity index (χ4v) is 1.32. The summed E-state index contributed by atoms with van der Waals surface area (Å²) in [5.41, 5.74) is 2.09. The molecule has 2 nitrogen and oxygen atoms in total. The molecule has 0 spiro atoms. The third kappa shape index (κ3) is 1.69. The van der Waals surface area contributed by atoms with Gasteiger partial charge in [-0.05, 0) is 31.9 Å². The van der Waals surface area contributed by atoms with Crippen molar-refractivity contribution in [3.63, 3.8) is 0 Å². The Morgan fingerprint density at radius 1 is 1.50 bits per heavy atom. The van der Waals surface area contributed by atoms with Crippen LogP contribution in [0.5, 0.6) is 0 Å². The summed E-state index contributed by atoms with van der Waals surface area (Å²) in [5, 5.41) is 3.95. The molecule has 0 atom stereocenters. The monoisotopic (exact) mass is 182 g/mol. The number of rotatable bonds is 2. The SMILES string of the molecule is Cc1nc(Cl)ccc1NC1CC1. The van der Waals surface area contributed by atoms with Crippen molar-refractivity contribution < 1.29 is 0 Å². The predicted molar refractivity (Wildman–Crippen MR) is 50.6 cm³/mol. The maximum atomic E-state index is 5.73. The van der Waals surface area contributed by atoms with E-state index in [4.69, 9.17) is 11.6 Å². The molecule has 2 rings (SSSR count). The van der Waals surface area contributed by atoms with Crippen molar-refractivity contribution in [2.24, 2.45) is 0 Å². The molecule has 0 bridgehead atoms. The highest BCUT2D eigenvalue weighted by Gasteiger charge is 2.21. The van der Waals surface area contributed by atoms with E-state index in [0.29, 0.717) is 11.2 Å². The van der Waals surface area contributed by atoms with Crippen molar-refractivity contribution in [1.82, 2.24) is 4.98 Å². The first kappa shape index (κ1) is 7.87. The van der Waals surface area contributed by atoms with Crippen molar-refractivity contribution in [2.75, 3.05) is 5.32 Å². The van der Waals surface area contributed by atoms with Crippen molar-refractivity contribution >= 4 is 17.3 Å². The summed E-state index contributed by atoms with van der Waals surface area (Å²) in [6.45, 7) is 1.97. The minimum atomic E-state index is 0.564. The van der Waals surface area contributed by atoms with E-state index >= 15 is 0 Å². The number of hydrogen-bond donors (Lipinski definition) is 1. The summed E-state index contributed by atoms with van der Waals surface area (Å²) in [5.74, 6) is 0. The fourth-order valence-electron chi connectivity index (χ4n) is 1.13. The smallest absolute Gasteiger partial charge is 0.129 e. The van der Waals surface area contributed by atoms with Crippen LogP contribution >= 0.6 is 11.6 Å². The summed E-state index contributed by atoms with van der Waals surface area (Å²) in [6.07, 6.45) is 2.56. The molecule has 1 fully saturated rings.